The highest BCUT2D eigenvalue weighted by Crippen LogP contribution is 2.25. The smallest absolute Gasteiger partial charge is 0.123 e. The Morgan fingerprint density at radius 1 is 1.40 bits per heavy atom. The van der Waals surface area contributed by atoms with E-state index in [1.165, 1.54) is 23.3 Å². The largest absolute Gasteiger partial charge is 0.377 e. The Kier molecular flexibility index (Phi) is 4.45. The van der Waals surface area contributed by atoms with Crippen LogP contribution in [0.15, 0.2) is 36.5 Å². The molecule has 0 bridgehead atoms. The van der Waals surface area contributed by atoms with E-state index in [0.29, 0.717) is 12.1 Å². The summed E-state index contributed by atoms with van der Waals surface area (Å²) in [6.45, 7) is 3.98. The van der Waals surface area contributed by atoms with Crippen molar-refractivity contribution < 1.29 is 4.74 Å². The van der Waals surface area contributed by atoms with Gasteiger partial charge in [0.25, 0.3) is 0 Å². The number of rotatable bonds is 5. The molecule has 0 saturated carbocycles. The molecule has 0 unspecified atom stereocenters. The van der Waals surface area contributed by atoms with Crippen molar-refractivity contribution in [1.29, 1.82) is 0 Å². The highest BCUT2D eigenvalue weighted by atomic mass is 32.1. The molecule has 3 rings (SSSR count). The summed E-state index contributed by atoms with van der Waals surface area (Å²) in [6, 6.07) is 10.7. The predicted molar refractivity (Wildman–Crippen MR) is 82.8 cm³/mol. The molecule has 2 atom stereocenters. The molecular formula is C16H20N2OS. The number of aromatic nitrogens is 1. The van der Waals surface area contributed by atoms with Gasteiger partial charge in [-0.2, -0.15) is 0 Å². The van der Waals surface area contributed by atoms with Crippen molar-refractivity contribution in [2.45, 2.75) is 38.5 Å². The standard InChI is InChI=1S/C16H20N2OS/c1-12(15-8-5-9-19-15)17-10-14-11-18-16(20-14)13-6-3-2-4-7-13/h2-4,6-7,11-12,15,17H,5,8-10H2,1H3/t12-,15+/m1/s1. The van der Waals surface area contributed by atoms with Gasteiger partial charge in [-0.25, -0.2) is 4.98 Å². The second-order valence-corrected chi connectivity index (χ2v) is 6.33. The third-order valence-electron chi connectivity index (χ3n) is 3.70. The van der Waals surface area contributed by atoms with E-state index in [4.69, 9.17) is 4.74 Å². The molecule has 0 spiro atoms. The van der Waals surface area contributed by atoms with Crippen LogP contribution in [0, 0.1) is 0 Å². The molecule has 3 nitrogen and oxygen atoms in total. The Labute approximate surface area is 124 Å². The molecule has 1 aliphatic rings. The van der Waals surface area contributed by atoms with Crippen LogP contribution in [-0.2, 0) is 11.3 Å². The van der Waals surface area contributed by atoms with E-state index >= 15 is 0 Å². The molecule has 0 aliphatic carbocycles. The van der Waals surface area contributed by atoms with Gasteiger partial charge in [0.15, 0.2) is 0 Å². The molecule has 4 heteroatoms. The van der Waals surface area contributed by atoms with Crippen LogP contribution in [0.25, 0.3) is 10.6 Å². The summed E-state index contributed by atoms with van der Waals surface area (Å²) in [5.41, 5.74) is 1.19. The van der Waals surface area contributed by atoms with Crippen molar-refractivity contribution in [1.82, 2.24) is 10.3 Å². The highest BCUT2D eigenvalue weighted by Gasteiger charge is 2.21. The zero-order chi connectivity index (χ0) is 13.8. The minimum absolute atomic E-state index is 0.372. The van der Waals surface area contributed by atoms with Crippen molar-refractivity contribution in [2.24, 2.45) is 0 Å². The quantitative estimate of drug-likeness (QED) is 0.915. The van der Waals surface area contributed by atoms with E-state index in [-0.39, 0.29) is 0 Å². The van der Waals surface area contributed by atoms with Gasteiger partial charge in [-0.3, -0.25) is 0 Å². The molecule has 2 aromatic rings. The number of benzene rings is 1. The minimum Gasteiger partial charge on any atom is -0.377 e. The summed E-state index contributed by atoms with van der Waals surface area (Å²) in [5, 5.41) is 4.64. The average Bonchev–Trinajstić information content (AvgIpc) is 3.17. The number of nitrogens with zero attached hydrogens (tertiary/aromatic N) is 1. The number of hydrogen-bond acceptors (Lipinski definition) is 4. The first kappa shape index (κ1) is 13.7. The topological polar surface area (TPSA) is 34.2 Å². The molecule has 0 radical (unpaired) electrons. The second-order valence-electron chi connectivity index (χ2n) is 5.22. The Morgan fingerprint density at radius 3 is 3.00 bits per heavy atom. The molecule has 1 aromatic carbocycles. The Morgan fingerprint density at radius 2 is 2.25 bits per heavy atom. The monoisotopic (exact) mass is 288 g/mol. The van der Waals surface area contributed by atoms with E-state index < -0.39 is 0 Å². The number of thiazole rings is 1. The maximum Gasteiger partial charge on any atom is 0.123 e. The predicted octanol–water partition coefficient (Wildman–Crippen LogP) is 3.47. The molecule has 1 aliphatic heterocycles. The van der Waals surface area contributed by atoms with Crippen LogP contribution >= 0.6 is 11.3 Å². The van der Waals surface area contributed by atoms with E-state index in [0.717, 1.165) is 18.2 Å². The van der Waals surface area contributed by atoms with Gasteiger partial charge in [-0.15, -0.1) is 11.3 Å². The van der Waals surface area contributed by atoms with Gasteiger partial charge in [-0.05, 0) is 19.8 Å². The molecule has 1 N–H and O–H groups in total. The van der Waals surface area contributed by atoms with Gasteiger partial charge in [0.1, 0.15) is 5.01 Å². The van der Waals surface area contributed by atoms with Gasteiger partial charge in [0.2, 0.25) is 0 Å². The van der Waals surface area contributed by atoms with Crippen LogP contribution in [0.3, 0.4) is 0 Å². The lowest BCUT2D eigenvalue weighted by atomic mass is 10.1. The van der Waals surface area contributed by atoms with Crippen LogP contribution < -0.4 is 5.32 Å². The second kappa shape index (κ2) is 6.48. The average molecular weight is 288 g/mol. The lowest BCUT2D eigenvalue weighted by Crippen LogP contribution is -2.36. The SMILES string of the molecule is C[C@@H](NCc1cnc(-c2ccccc2)s1)[C@@H]1CCCO1. The molecule has 1 saturated heterocycles. The first-order valence-electron chi connectivity index (χ1n) is 7.18. The van der Waals surface area contributed by atoms with E-state index in [1.807, 2.05) is 24.4 Å². The van der Waals surface area contributed by atoms with Gasteiger partial charge in [-0.1, -0.05) is 30.3 Å². The van der Waals surface area contributed by atoms with Crippen molar-refractivity contribution in [3.05, 3.63) is 41.4 Å². The first-order valence-corrected chi connectivity index (χ1v) is 8.00. The van der Waals surface area contributed by atoms with Crippen LogP contribution in [0.4, 0.5) is 0 Å². The Balaban J connectivity index is 1.57. The van der Waals surface area contributed by atoms with E-state index in [2.05, 4.69) is 29.4 Å². The van der Waals surface area contributed by atoms with Gasteiger partial charge in [0.05, 0.1) is 6.10 Å². The third-order valence-corrected chi connectivity index (χ3v) is 4.74. The molecule has 0 amide bonds. The normalized spacial score (nSPS) is 20.1. The van der Waals surface area contributed by atoms with Crippen LogP contribution in [0.1, 0.15) is 24.6 Å². The Bertz CT molecular complexity index is 534. The zero-order valence-electron chi connectivity index (χ0n) is 11.7. The lowest BCUT2D eigenvalue weighted by molar-refractivity contribution is 0.0833. The van der Waals surface area contributed by atoms with Crippen molar-refractivity contribution >= 4 is 11.3 Å². The Hall–Kier alpha value is -1.23. The van der Waals surface area contributed by atoms with Gasteiger partial charge < -0.3 is 10.1 Å². The van der Waals surface area contributed by atoms with E-state index in [1.54, 1.807) is 11.3 Å². The van der Waals surface area contributed by atoms with E-state index in [9.17, 15) is 0 Å². The summed E-state index contributed by atoms with van der Waals surface area (Å²) in [5.74, 6) is 0. The summed E-state index contributed by atoms with van der Waals surface area (Å²) in [4.78, 5) is 5.78. The summed E-state index contributed by atoms with van der Waals surface area (Å²) in [7, 11) is 0. The van der Waals surface area contributed by atoms with Crippen molar-refractivity contribution in [2.75, 3.05) is 6.61 Å². The van der Waals surface area contributed by atoms with Crippen molar-refractivity contribution in [3.8, 4) is 10.6 Å². The molecule has 106 valence electrons. The fourth-order valence-electron chi connectivity index (χ4n) is 2.49. The van der Waals surface area contributed by atoms with Crippen LogP contribution in [0.2, 0.25) is 0 Å². The lowest BCUT2D eigenvalue weighted by Gasteiger charge is -2.19. The number of nitrogens with one attached hydrogen (secondary N) is 1. The van der Waals surface area contributed by atoms with Gasteiger partial charge in [0, 0.05) is 35.8 Å². The molecular weight excluding hydrogens is 268 g/mol. The van der Waals surface area contributed by atoms with Crippen molar-refractivity contribution in [3.63, 3.8) is 0 Å². The first-order chi connectivity index (χ1) is 9.83. The maximum atomic E-state index is 5.70. The van der Waals surface area contributed by atoms with Crippen LogP contribution in [0.5, 0.6) is 0 Å². The molecule has 1 aromatic heterocycles. The summed E-state index contributed by atoms with van der Waals surface area (Å²) in [6.07, 6.45) is 4.71. The fraction of sp³-hybridized carbons (Fsp3) is 0.438. The number of ether oxygens (including phenoxy) is 1. The molecule has 1 fully saturated rings. The zero-order valence-corrected chi connectivity index (χ0v) is 12.5. The summed E-state index contributed by atoms with van der Waals surface area (Å²) >= 11 is 1.76. The maximum absolute atomic E-state index is 5.70. The highest BCUT2D eigenvalue weighted by molar-refractivity contribution is 7.15. The van der Waals surface area contributed by atoms with Gasteiger partial charge >= 0.3 is 0 Å². The molecule has 2 heterocycles. The third kappa shape index (κ3) is 3.26. The molecule has 20 heavy (non-hydrogen) atoms. The fourth-order valence-corrected chi connectivity index (χ4v) is 3.36. The number of hydrogen-bond donors (Lipinski definition) is 1. The minimum atomic E-state index is 0.372. The summed E-state index contributed by atoms with van der Waals surface area (Å²) < 4.78 is 5.70. The van der Waals surface area contributed by atoms with Crippen LogP contribution in [-0.4, -0.2) is 23.7 Å².